The van der Waals surface area contributed by atoms with Crippen molar-refractivity contribution in [3.63, 3.8) is 0 Å². The van der Waals surface area contributed by atoms with Crippen LogP contribution in [0, 0.1) is 0 Å². The molecule has 3 heteroatoms. The van der Waals surface area contributed by atoms with Gasteiger partial charge in [-0.1, -0.05) is 30.5 Å². The van der Waals surface area contributed by atoms with Crippen molar-refractivity contribution in [1.82, 2.24) is 5.32 Å². The standard InChI is InChI=1S/C14H16ClNO/c15-12-6-3-7-13-14(12)10(9-17-13)8-16-11-4-1-2-5-11/h3,6-7,9,11,16H,1-2,4-5,8H2. The highest BCUT2D eigenvalue weighted by Gasteiger charge is 2.15. The van der Waals surface area contributed by atoms with Crippen molar-refractivity contribution in [2.24, 2.45) is 0 Å². The van der Waals surface area contributed by atoms with E-state index in [1.807, 2.05) is 24.5 Å². The Labute approximate surface area is 106 Å². The molecule has 2 aromatic rings. The Morgan fingerprint density at radius 2 is 2.12 bits per heavy atom. The number of halogens is 1. The zero-order valence-electron chi connectivity index (χ0n) is 9.71. The maximum atomic E-state index is 6.21. The quantitative estimate of drug-likeness (QED) is 0.885. The third-order valence-corrected chi connectivity index (χ3v) is 3.88. The number of furan rings is 1. The predicted octanol–water partition coefficient (Wildman–Crippen LogP) is 4.12. The molecule has 1 heterocycles. The van der Waals surface area contributed by atoms with E-state index in [1.54, 1.807) is 0 Å². The average molecular weight is 250 g/mol. The van der Waals surface area contributed by atoms with Crippen molar-refractivity contribution in [3.05, 3.63) is 35.0 Å². The fourth-order valence-electron chi connectivity index (χ4n) is 2.62. The summed E-state index contributed by atoms with van der Waals surface area (Å²) < 4.78 is 5.52. The monoisotopic (exact) mass is 249 g/mol. The average Bonchev–Trinajstić information content (AvgIpc) is 2.95. The van der Waals surface area contributed by atoms with Crippen LogP contribution in [0.3, 0.4) is 0 Å². The largest absolute Gasteiger partial charge is 0.464 e. The van der Waals surface area contributed by atoms with Gasteiger partial charge in [0.2, 0.25) is 0 Å². The van der Waals surface area contributed by atoms with E-state index in [0.717, 1.165) is 28.1 Å². The number of benzene rings is 1. The van der Waals surface area contributed by atoms with Gasteiger partial charge in [0, 0.05) is 23.5 Å². The van der Waals surface area contributed by atoms with Gasteiger partial charge in [-0.05, 0) is 25.0 Å². The van der Waals surface area contributed by atoms with Crippen LogP contribution in [-0.2, 0) is 6.54 Å². The fraction of sp³-hybridized carbons (Fsp3) is 0.429. The first-order chi connectivity index (χ1) is 8.34. The van der Waals surface area contributed by atoms with Crippen LogP contribution in [0.2, 0.25) is 5.02 Å². The molecule has 0 aliphatic heterocycles. The Bertz CT molecular complexity index is 514. The molecular formula is C14H16ClNO. The van der Waals surface area contributed by atoms with Crippen molar-refractivity contribution in [1.29, 1.82) is 0 Å². The summed E-state index contributed by atoms with van der Waals surface area (Å²) in [6, 6.07) is 6.46. The van der Waals surface area contributed by atoms with Gasteiger partial charge in [0.15, 0.2) is 0 Å². The third kappa shape index (κ3) is 2.20. The Morgan fingerprint density at radius 1 is 1.29 bits per heavy atom. The summed E-state index contributed by atoms with van der Waals surface area (Å²) in [5, 5.41) is 5.42. The molecule has 90 valence electrons. The molecule has 1 aromatic heterocycles. The third-order valence-electron chi connectivity index (χ3n) is 3.56. The molecule has 1 aliphatic rings. The van der Waals surface area contributed by atoms with E-state index in [2.05, 4.69) is 5.32 Å². The van der Waals surface area contributed by atoms with E-state index in [4.69, 9.17) is 16.0 Å². The summed E-state index contributed by atoms with van der Waals surface area (Å²) >= 11 is 6.21. The van der Waals surface area contributed by atoms with E-state index < -0.39 is 0 Å². The number of nitrogens with one attached hydrogen (secondary N) is 1. The molecule has 1 fully saturated rings. The topological polar surface area (TPSA) is 25.2 Å². The van der Waals surface area contributed by atoms with Crippen molar-refractivity contribution >= 4 is 22.6 Å². The second-order valence-electron chi connectivity index (χ2n) is 4.74. The van der Waals surface area contributed by atoms with Gasteiger partial charge in [-0.3, -0.25) is 0 Å². The van der Waals surface area contributed by atoms with Gasteiger partial charge < -0.3 is 9.73 Å². The molecule has 3 rings (SSSR count). The SMILES string of the molecule is Clc1cccc2occ(CNC3CCCC3)c12. The number of hydrogen-bond acceptors (Lipinski definition) is 2. The van der Waals surface area contributed by atoms with Crippen LogP contribution in [0.1, 0.15) is 31.2 Å². The molecule has 0 unspecified atom stereocenters. The molecule has 0 amide bonds. The molecule has 0 atom stereocenters. The summed E-state index contributed by atoms with van der Waals surface area (Å²) in [4.78, 5) is 0. The molecule has 0 radical (unpaired) electrons. The zero-order valence-corrected chi connectivity index (χ0v) is 10.5. The fourth-order valence-corrected chi connectivity index (χ4v) is 2.91. The van der Waals surface area contributed by atoms with E-state index in [9.17, 15) is 0 Å². The highest BCUT2D eigenvalue weighted by atomic mass is 35.5. The first kappa shape index (κ1) is 11.1. The molecule has 0 spiro atoms. The normalized spacial score (nSPS) is 17.0. The van der Waals surface area contributed by atoms with Crippen LogP contribution in [0.5, 0.6) is 0 Å². The Kier molecular flexibility index (Phi) is 3.08. The highest BCUT2D eigenvalue weighted by Crippen LogP contribution is 2.29. The number of hydrogen-bond donors (Lipinski definition) is 1. The van der Waals surface area contributed by atoms with Crippen LogP contribution in [0.4, 0.5) is 0 Å². The smallest absolute Gasteiger partial charge is 0.135 e. The molecule has 1 N–H and O–H groups in total. The molecule has 0 saturated heterocycles. The maximum Gasteiger partial charge on any atom is 0.135 e. The Hall–Kier alpha value is -0.990. The van der Waals surface area contributed by atoms with E-state index in [-0.39, 0.29) is 0 Å². The van der Waals surface area contributed by atoms with Gasteiger partial charge in [0.1, 0.15) is 5.58 Å². The Morgan fingerprint density at radius 3 is 2.94 bits per heavy atom. The molecular weight excluding hydrogens is 234 g/mol. The number of rotatable bonds is 3. The molecule has 1 aromatic carbocycles. The van der Waals surface area contributed by atoms with Gasteiger partial charge in [0.25, 0.3) is 0 Å². The van der Waals surface area contributed by atoms with Crippen molar-refractivity contribution in [3.8, 4) is 0 Å². The minimum atomic E-state index is 0.669. The van der Waals surface area contributed by atoms with Crippen molar-refractivity contribution < 1.29 is 4.42 Å². The first-order valence-electron chi connectivity index (χ1n) is 6.22. The van der Waals surface area contributed by atoms with Crippen LogP contribution in [0.25, 0.3) is 11.0 Å². The zero-order chi connectivity index (χ0) is 11.7. The van der Waals surface area contributed by atoms with Gasteiger partial charge in [-0.2, -0.15) is 0 Å². The van der Waals surface area contributed by atoms with Crippen LogP contribution in [-0.4, -0.2) is 6.04 Å². The van der Waals surface area contributed by atoms with Gasteiger partial charge in [-0.15, -0.1) is 0 Å². The minimum Gasteiger partial charge on any atom is -0.464 e. The summed E-state index contributed by atoms with van der Waals surface area (Å²) in [5.41, 5.74) is 2.04. The number of fused-ring (bicyclic) bond motifs is 1. The van der Waals surface area contributed by atoms with E-state index >= 15 is 0 Å². The predicted molar refractivity (Wildman–Crippen MR) is 70.3 cm³/mol. The second kappa shape index (κ2) is 4.71. The van der Waals surface area contributed by atoms with Gasteiger partial charge in [-0.25, -0.2) is 0 Å². The van der Waals surface area contributed by atoms with Crippen LogP contribution >= 0.6 is 11.6 Å². The van der Waals surface area contributed by atoms with Crippen LogP contribution < -0.4 is 5.32 Å². The molecule has 0 bridgehead atoms. The lowest BCUT2D eigenvalue weighted by Gasteiger charge is -2.10. The highest BCUT2D eigenvalue weighted by molar-refractivity contribution is 6.35. The summed E-state index contributed by atoms with van der Waals surface area (Å²) in [7, 11) is 0. The molecule has 2 nitrogen and oxygen atoms in total. The van der Waals surface area contributed by atoms with Crippen molar-refractivity contribution in [2.45, 2.75) is 38.3 Å². The minimum absolute atomic E-state index is 0.669. The Balaban J connectivity index is 1.80. The van der Waals surface area contributed by atoms with Crippen LogP contribution in [0.15, 0.2) is 28.9 Å². The van der Waals surface area contributed by atoms with Crippen molar-refractivity contribution in [2.75, 3.05) is 0 Å². The van der Waals surface area contributed by atoms with Gasteiger partial charge in [0.05, 0.1) is 11.3 Å². The lowest BCUT2D eigenvalue weighted by molar-refractivity contribution is 0.520. The summed E-state index contributed by atoms with van der Waals surface area (Å²) in [5.74, 6) is 0. The lowest BCUT2D eigenvalue weighted by atomic mass is 10.1. The lowest BCUT2D eigenvalue weighted by Crippen LogP contribution is -2.25. The maximum absolute atomic E-state index is 6.21. The molecule has 1 aliphatic carbocycles. The first-order valence-corrected chi connectivity index (χ1v) is 6.60. The second-order valence-corrected chi connectivity index (χ2v) is 5.14. The molecule has 17 heavy (non-hydrogen) atoms. The summed E-state index contributed by atoms with van der Waals surface area (Å²) in [6.07, 6.45) is 7.11. The summed E-state index contributed by atoms with van der Waals surface area (Å²) in [6.45, 7) is 0.849. The van der Waals surface area contributed by atoms with Gasteiger partial charge >= 0.3 is 0 Å². The van der Waals surface area contributed by atoms with E-state index in [0.29, 0.717) is 6.04 Å². The van der Waals surface area contributed by atoms with E-state index in [1.165, 1.54) is 25.7 Å². The molecule has 1 saturated carbocycles.